The molecule has 19 heavy (non-hydrogen) atoms. The van der Waals surface area contributed by atoms with Gasteiger partial charge in [0.1, 0.15) is 24.0 Å². The molecule has 0 aromatic heterocycles. The molecule has 0 heterocycles. The van der Waals surface area contributed by atoms with E-state index in [1.165, 1.54) is 0 Å². The van der Waals surface area contributed by atoms with E-state index >= 15 is 0 Å². The van der Waals surface area contributed by atoms with Gasteiger partial charge in [-0.1, -0.05) is 24.4 Å². The number of rotatable bonds is 6. The van der Waals surface area contributed by atoms with E-state index in [1.807, 2.05) is 6.92 Å². The first-order valence-corrected chi connectivity index (χ1v) is 5.88. The zero-order chi connectivity index (χ0) is 14.5. The molecular weight excluding hydrogens is 279 g/mol. The molecule has 106 valence electrons. The van der Waals surface area contributed by atoms with Crippen LogP contribution in [0, 0.1) is 6.92 Å². The van der Waals surface area contributed by atoms with Crippen LogP contribution in [-0.4, -0.2) is 31.0 Å². The van der Waals surface area contributed by atoms with Crippen molar-refractivity contribution in [2.75, 3.05) is 19.8 Å². The lowest BCUT2D eigenvalue weighted by Gasteiger charge is -2.11. The summed E-state index contributed by atoms with van der Waals surface area (Å²) in [5.41, 5.74) is 6.97. The smallest absolute Gasteiger partial charge is 0.411 e. The molecule has 0 spiro atoms. The number of alkyl halides is 3. The van der Waals surface area contributed by atoms with Gasteiger partial charge in [-0.25, -0.2) is 0 Å². The van der Waals surface area contributed by atoms with Crippen LogP contribution in [0.4, 0.5) is 13.2 Å². The van der Waals surface area contributed by atoms with Gasteiger partial charge in [-0.2, -0.15) is 13.2 Å². The maximum atomic E-state index is 11.8. The number of benzene rings is 1. The number of hydrogen-bond donors (Lipinski definition) is 1. The molecule has 0 unspecified atom stereocenters. The Morgan fingerprint density at radius 1 is 1.32 bits per heavy atom. The second-order valence-corrected chi connectivity index (χ2v) is 4.30. The fourth-order valence-corrected chi connectivity index (χ4v) is 1.43. The minimum atomic E-state index is -4.32. The second-order valence-electron chi connectivity index (χ2n) is 3.86. The van der Waals surface area contributed by atoms with E-state index in [4.69, 9.17) is 22.7 Å². The Bertz CT molecular complexity index is 449. The Balaban J connectivity index is 2.45. The molecule has 1 aromatic carbocycles. The van der Waals surface area contributed by atoms with Crippen LogP contribution in [0.5, 0.6) is 5.75 Å². The lowest BCUT2D eigenvalue weighted by Crippen LogP contribution is -2.19. The standard InChI is InChI=1S/C12H14F3NO2S/c1-8-2-3-9(11(16)19)6-10(8)18-5-4-17-7-12(13,14)15/h2-3,6H,4-5,7H2,1H3,(H2,16,19). The summed E-state index contributed by atoms with van der Waals surface area (Å²) in [6.07, 6.45) is -4.32. The van der Waals surface area contributed by atoms with Gasteiger partial charge >= 0.3 is 6.18 Å². The van der Waals surface area contributed by atoms with Gasteiger partial charge in [0.25, 0.3) is 0 Å². The van der Waals surface area contributed by atoms with Gasteiger partial charge in [0, 0.05) is 5.56 Å². The summed E-state index contributed by atoms with van der Waals surface area (Å²) in [7, 11) is 0. The Morgan fingerprint density at radius 2 is 2.00 bits per heavy atom. The third kappa shape index (κ3) is 5.89. The average Bonchev–Trinajstić information content (AvgIpc) is 2.29. The van der Waals surface area contributed by atoms with Crippen LogP contribution in [0.1, 0.15) is 11.1 Å². The molecule has 1 aromatic rings. The Morgan fingerprint density at radius 3 is 2.58 bits per heavy atom. The molecule has 0 fully saturated rings. The minimum Gasteiger partial charge on any atom is -0.491 e. The van der Waals surface area contributed by atoms with Gasteiger partial charge in [-0.05, 0) is 18.6 Å². The van der Waals surface area contributed by atoms with Gasteiger partial charge in [-0.3, -0.25) is 0 Å². The molecule has 0 saturated carbocycles. The van der Waals surface area contributed by atoms with E-state index in [-0.39, 0.29) is 18.2 Å². The molecule has 1 rings (SSSR count). The molecule has 0 atom stereocenters. The van der Waals surface area contributed by atoms with Crippen molar-refractivity contribution in [2.24, 2.45) is 5.73 Å². The van der Waals surface area contributed by atoms with Gasteiger partial charge in [0.05, 0.1) is 6.61 Å². The zero-order valence-corrected chi connectivity index (χ0v) is 11.1. The summed E-state index contributed by atoms with van der Waals surface area (Å²) in [5, 5.41) is 0. The van der Waals surface area contributed by atoms with E-state index < -0.39 is 12.8 Å². The predicted octanol–water partition coefficient (Wildman–Crippen LogP) is 2.59. The Hall–Kier alpha value is -1.34. The molecule has 0 bridgehead atoms. The van der Waals surface area contributed by atoms with Crippen molar-refractivity contribution >= 4 is 17.2 Å². The first-order chi connectivity index (χ1) is 8.79. The van der Waals surface area contributed by atoms with Crippen LogP contribution in [0.25, 0.3) is 0 Å². The molecule has 3 nitrogen and oxygen atoms in total. The lowest BCUT2D eigenvalue weighted by atomic mass is 10.1. The van der Waals surface area contributed by atoms with E-state index in [9.17, 15) is 13.2 Å². The van der Waals surface area contributed by atoms with Crippen LogP contribution >= 0.6 is 12.2 Å². The van der Waals surface area contributed by atoms with Gasteiger partial charge < -0.3 is 15.2 Å². The van der Waals surface area contributed by atoms with Crippen LogP contribution < -0.4 is 10.5 Å². The number of nitrogens with two attached hydrogens (primary N) is 1. The summed E-state index contributed by atoms with van der Waals surface area (Å²) in [6, 6.07) is 5.19. The largest absolute Gasteiger partial charge is 0.491 e. The molecule has 0 radical (unpaired) electrons. The highest BCUT2D eigenvalue weighted by Crippen LogP contribution is 2.19. The molecule has 0 aliphatic carbocycles. The number of halogens is 3. The van der Waals surface area contributed by atoms with E-state index in [1.54, 1.807) is 18.2 Å². The van der Waals surface area contributed by atoms with Crippen molar-refractivity contribution in [2.45, 2.75) is 13.1 Å². The van der Waals surface area contributed by atoms with Crippen molar-refractivity contribution in [1.82, 2.24) is 0 Å². The first kappa shape index (κ1) is 15.7. The highest BCUT2D eigenvalue weighted by Gasteiger charge is 2.27. The summed E-state index contributed by atoms with van der Waals surface area (Å²) in [6.45, 7) is 0.422. The number of ether oxygens (including phenoxy) is 2. The molecule has 7 heteroatoms. The predicted molar refractivity (Wildman–Crippen MR) is 69.4 cm³/mol. The second kappa shape index (κ2) is 6.72. The van der Waals surface area contributed by atoms with E-state index in [0.717, 1.165) is 5.56 Å². The van der Waals surface area contributed by atoms with Crippen molar-refractivity contribution in [1.29, 1.82) is 0 Å². The van der Waals surface area contributed by atoms with Crippen LogP contribution in [0.15, 0.2) is 18.2 Å². The zero-order valence-electron chi connectivity index (χ0n) is 10.3. The highest BCUT2D eigenvalue weighted by atomic mass is 32.1. The van der Waals surface area contributed by atoms with Gasteiger partial charge in [-0.15, -0.1) is 0 Å². The molecule has 0 saturated heterocycles. The summed E-state index contributed by atoms with van der Waals surface area (Å²) >= 11 is 4.83. The lowest BCUT2D eigenvalue weighted by molar-refractivity contribution is -0.175. The fraction of sp³-hybridized carbons (Fsp3) is 0.417. The topological polar surface area (TPSA) is 44.5 Å². The number of aryl methyl sites for hydroxylation is 1. The van der Waals surface area contributed by atoms with Crippen molar-refractivity contribution in [3.05, 3.63) is 29.3 Å². The maximum absolute atomic E-state index is 11.8. The van der Waals surface area contributed by atoms with Crippen LogP contribution in [0.3, 0.4) is 0 Å². The minimum absolute atomic E-state index is 0.0255. The molecule has 0 aliphatic heterocycles. The van der Waals surface area contributed by atoms with Crippen molar-refractivity contribution in [3.63, 3.8) is 0 Å². The summed E-state index contributed by atoms with van der Waals surface area (Å²) in [4.78, 5) is 0.234. The van der Waals surface area contributed by atoms with Gasteiger partial charge in [0.15, 0.2) is 0 Å². The quantitative estimate of drug-likeness (QED) is 0.647. The molecule has 0 amide bonds. The summed E-state index contributed by atoms with van der Waals surface area (Å²) in [5.74, 6) is 0.529. The van der Waals surface area contributed by atoms with Crippen LogP contribution in [-0.2, 0) is 4.74 Å². The third-order valence-corrected chi connectivity index (χ3v) is 2.46. The average molecular weight is 293 g/mol. The number of thiocarbonyl (C=S) groups is 1. The fourth-order valence-electron chi connectivity index (χ4n) is 1.31. The monoisotopic (exact) mass is 293 g/mol. The van der Waals surface area contributed by atoms with E-state index in [0.29, 0.717) is 11.3 Å². The Labute approximate surface area is 114 Å². The van der Waals surface area contributed by atoms with Crippen molar-refractivity contribution < 1.29 is 22.6 Å². The van der Waals surface area contributed by atoms with E-state index in [2.05, 4.69) is 4.74 Å². The Kier molecular flexibility index (Phi) is 5.56. The SMILES string of the molecule is Cc1ccc(C(N)=S)cc1OCCOCC(F)(F)F. The number of hydrogen-bond acceptors (Lipinski definition) is 3. The van der Waals surface area contributed by atoms with Gasteiger partial charge in [0.2, 0.25) is 0 Å². The normalized spacial score (nSPS) is 11.4. The maximum Gasteiger partial charge on any atom is 0.411 e. The molecule has 0 aliphatic rings. The highest BCUT2D eigenvalue weighted by molar-refractivity contribution is 7.80. The first-order valence-electron chi connectivity index (χ1n) is 5.47. The summed E-state index contributed by atoms with van der Waals surface area (Å²) < 4.78 is 45.2. The third-order valence-electron chi connectivity index (χ3n) is 2.22. The van der Waals surface area contributed by atoms with Crippen molar-refractivity contribution in [3.8, 4) is 5.75 Å². The van der Waals surface area contributed by atoms with Crippen LogP contribution in [0.2, 0.25) is 0 Å². The molecular formula is C12H14F3NO2S. The molecule has 2 N–H and O–H groups in total.